The zero-order valence-corrected chi connectivity index (χ0v) is 21.1. The van der Waals surface area contributed by atoms with Crippen LogP contribution in [-0.2, 0) is 17.8 Å². The van der Waals surface area contributed by atoms with Crippen LogP contribution in [0.25, 0.3) is 0 Å². The van der Waals surface area contributed by atoms with Crippen molar-refractivity contribution in [3.8, 4) is 11.5 Å². The number of carbonyl (C=O) groups is 1. The van der Waals surface area contributed by atoms with Crippen molar-refractivity contribution in [2.45, 2.75) is 25.3 Å². The number of hydrogen-bond donors (Lipinski definition) is 0. The Hall–Kier alpha value is -2.60. The SMILES string of the molecule is C=CCc1cc([C@H]2SCC(=O)N2c2ccc(Cl)cc2)cc(OCC)c1OCc1ccc(Cl)cc1. The van der Waals surface area contributed by atoms with Crippen LogP contribution in [0, 0.1) is 0 Å². The topological polar surface area (TPSA) is 38.8 Å². The molecule has 1 fully saturated rings. The van der Waals surface area contributed by atoms with E-state index in [0.29, 0.717) is 46.9 Å². The number of thioether (sulfide) groups is 1. The van der Waals surface area contributed by atoms with Crippen molar-refractivity contribution in [1.29, 1.82) is 0 Å². The summed E-state index contributed by atoms with van der Waals surface area (Å²) in [6.45, 7) is 6.73. The minimum absolute atomic E-state index is 0.0589. The van der Waals surface area contributed by atoms with Gasteiger partial charge in [-0.3, -0.25) is 9.69 Å². The minimum Gasteiger partial charge on any atom is -0.490 e. The third-order valence-corrected chi connectivity index (χ3v) is 7.09. The first-order chi connectivity index (χ1) is 16.5. The van der Waals surface area contributed by atoms with Crippen LogP contribution in [0.5, 0.6) is 11.5 Å². The molecule has 1 aliphatic rings. The molecule has 0 saturated carbocycles. The molecule has 0 spiro atoms. The van der Waals surface area contributed by atoms with Crippen LogP contribution in [0.1, 0.15) is 29.0 Å². The first-order valence-electron chi connectivity index (χ1n) is 11.0. The van der Waals surface area contributed by atoms with Crippen molar-refractivity contribution in [2.75, 3.05) is 17.3 Å². The third kappa shape index (κ3) is 5.54. The highest BCUT2D eigenvalue weighted by atomic mass is 35.5. The molecule has 0 radical (unpaired) electrons. The Morgan fingerprint density at radius 3 is 2.38 bits per heavy atom. The summed E-state index contributed by atoms with van der Waals surface area (Å²) in [6, 6.07) is 19.0. The van der Waals surface area contributed by atoms with Gasteiger partial charge in [0.05, 0.1) is 12.4 Å². The average molecular weight is 514 g/mol. The first-order valence-corrected chi connectivity index (χ1v) is 12.8. The Labute approximate surface area is 214 Å². The molecule has 176 valence electrons. The molecule has 0 unspecified atom stereocenters. The van der Waals surface area contributed by atoms with Gasteiger partial charge in [0.15, 0.2) is 11.5 Å². The van der Waals surface area contributed by atoms with E-state index in [4.69, 9.17) is 32.7 Å². The van der Waals surface area contributed by atoms with Crippen molar-refractivity contribution in [1.82, 2.24) is 0 Å². The number of hydrogen-bond acceptors (Lipinski definition) is 4. The molecule has 0 N–H and O–H groups in total. The molecule has 3 aromatic rings. The Kier molecular flexibility index (Phi) is 8.09. The Bertz CT molecular complexity index is 1170. The molecule has 0 aromatic heterocycles. The number of ether oxygens (including phenoxy) is 2. The number of carbonyl (C=O) groups excluding carboxylic acids is 1. The van der Waals surface area contributed by atoms with Gasteiger partial charge in [-0.05, 0) is 73.0 Å². The van der Waals surface area contributed by atoms with Crippen molar-refractivity contribution in [2.24, 2.45) is 0 Å². The predicted octanol–water partition coefficient (Wildman–Crippen LogP) is 7.48. The summed E-state index contributed by atoms with van der Waals surface area (Å²) < 4.78 is 12.2. The van der Waals surface area contributed by atoms with Crippen molar-refractivity contribution in [3.05, 3.63) is 100 Å². The lowest BCUT2D eigenvalue weighted by atomic mass is 10.0. The summed E-state index contributed by atoms with van der Waals surface area (Å²) in [6.07, 6.45) is 2.45. The van der Waals surface area contributed by atoms with Gasteiger partial charge >= 0.3 is 0 Å². The molecule has 1 saturated heterocycles. The summed E-state index contributed by atoms with van der Waals surface area (Å²) in [5.41, 5.74) is 3.76. The van der Waals surface area contributed by atoms with Crippen LogP contribution in [0.3, 0.4) is 0 Å². The summed E-state index contributed by atoms with van der Waals surface area (Å²) in [7, 11) is 0. The highest BCUT2D eigenvalue weighted by molar-refractivity contribution is 8.00. The standard InChI is InChI=1S/C27H25Cl2NO3S/c1-3-5-19-14-20(27-30(25(31)17-34-27)23-12-10-22(29)11-13-23)15-24(32-4-2)26(19)33-16-18-6-8-21(28)9-7-18/h3,6-15,27H,1,4-5,16-17H2,2H3/t27-/m1/s1. The van der Waals surface area contributed by atoms with E-state index in [-0.39, 0.29) is 11.3 Å². The predicted molar refractivity (Wildman–Crippen MR) is 141 cm³/mol. The minimum atomic E-state index is -0.179. The maximum Gasteiger partial charge on any atom is 0.238 e. The quantitative estimate of drug-likeness (QED) is 0.278. The van der Waals surface area contributed by atoms with Gasteiger partial charge in [-0.25, -0.2) is 0 Å². The largest absolute Gasteiger partial charge is 0.490 e. The fraction of sp³-hybridized carbons (Fsp3) is 0.222. The van der Waals surface area contributed by atoms with Crippen LogP contribution in [0.15, 0.2) is 73.3 Å². The van der Waals surface area contributed by atoms with Crippen LogP contribution >= 0.6 is 35.0 Å². The van der Waals surface area contributed by atoms with Gasteiger partial charge in [-0.2, -0.15) is 0 Å². The zero-order chi connectivity index (χ0) is 24.1. The molecule has 0 aliphatic carbocycles. The van der Waals surface area contributed by atoms with Gasteiger partial charge in [0, 0.05) is 21.3 Å². The van der Waals surface area contributed by atoms with Gasteiger partial charge in [0.1, 0.15) is 12.0 Å². The highest BCUT2D eigenvalue weighted by Gasteiger charge is 2.35. The molecule has 4 rings (SSSR count). The second-order valence-corrected chi connectivity index (χ2v) is 9.69. The number of benzene rings is 3. The molecule has 34 heavy (non-hydrogen) atoms. The molecule has 1 atom stereocenters. The van der Waals surface area contributed by atoms with E-state index in [1.54, 1.807) is 23.9 Å². The Morgan fingerprint density at radius 1 is 1.06 bits per heavy atom. The lowest BCUT2D eigenvalue weighted by Crippen LogP contribution is -2.27. The summed E-state index contributed by atoms with van der Waals surface area (Å²) in [5.74, 6) is 1.81. The van der Waals surface area contributed by atoms with E-state index >= 15 is 0 Å². The van der Waals surface area contributed by atoms with Crippen LogP contribution in [0.2, 0.25) is 10.0 Å². The van der Waals surface area contributed by atoms with Crippen LogP contribution in [0.4, 0.5) is 5.69 Å². The lowest BCUT2D eigenvalue weighted by molar-refractivity contribution is -0.115. The Balaban J connectivity index is 1.70. The van der Waals surface area contributed by atoms with Crippen molar-refractivity contribution < 1.29 is 14.3 Å². The fourth-order valence-corrected chi connectivity index (χ4v) is 5.26. The number of halogens is 2. The normalized spacial score (nSPS) is 15.4. The third-order valence-electron chi connectivity index (χ3n) is 5.37. The van der Waals surface area contributed by atoms with Crippen molar-refractivity contribution in [3.63, 3.8) is 0 Å². The fourth-order valence-electron chi connectivity index (χ4n) is 3.85. The average Bonchev–Trinajstić information content (AvgIpc) is 3.22. The van der Waals surface area contributed by atoms with E-state index in [0.717, 1.165) is 22.4 Å². The maximum absolute atomic E-state index is 12.8. The summed E-state index contributed by atoms with van der Waals surface area (Å²) in [5, 5.41) is 1.14. The number of allylic oxidation sites excluding steroid dienone is 1. The van der Waals surface area contributed by atoms with Gasteiger partial charge in [0.2, 0.25) is 5.91 Å². The molecule has 1 aliphatic heterocycles. The van der Waals surface area contributed by atoms with Crippen molar-refractivity contribution >= 4 is 46.6 Å². The molecule has 3 aromatic carbocycles. The maximum atomic E-state index is 12.8. The first kappa shape index (κ1) is 24.5. The molecule has 1 heterocycles. The lowest BCUT2D eigenvalue weighted by Gasteiger charge is -2.26. The van der Waals surface area contributed by atoms with Gasteiger partial charge in [0.25, 0.3) is 0 Å². The zero-order valence-electron chi connectivity index (χ0n) is 18.8. The van der Waals surface area contributed by atoms with Crippen LogP contribution < -0.4 is 14.4 Å². The summed E-state index contributed by atoms with van der Waals surface area (Å²) >= 11 is 13.7. The van der Waals surface area contributed by atoms with E-state index in [2.05, 4.69) is 12.6 Å². The van der Waals surface area contributed by atoms with Gasteiger partial charge < -0.3 is 9.47 Å². The van der Waals surface area contributed by atoms with E-state index in [1.165, 1.54) is 0 Å². The smallest absolute Gasteiger partial charge is 0.238 e. The van der Waals surface area contributed by atoms with Crippen LogP contribution in [-0.4, -0.2) is 18.3 Å². The highest BCUT2D eigenvalue weighted by Crippen LogP contribution is 2.45. The molecular formula is C27H25Cl2NO3S. The molecule has 7 heteroatoms. The van der Waals surface area contributed by atoms with Gasteiger partial charge in [-0.1, -0.05) is 41.4 Å². The molecule has 1 amide bonds. The number of amides is 1. The van der Waals surface area contributed by atoms with E-state index < -0.39 is 0 Å². The second-order valence-electron chi connectivity index (χ2n) is 7.75. The summed E-state index contributed by atoms with van der Waals surface area (Å²) in [4.78, 5) is 14.6. The van der Waals surface area contributed by atoms with Gasteiger partial charge in [-0.15, -0.1) is 18.3 Å². The Morgan fingerprint density at radius 2 is 1.74 bits per heavy atom. The molecule has 0 bridgehead atoms. The molecule has 4 nitrogen and oxygen atoms in total. The monoisotopic (exact) mass is 513 g/mol. The van der Waals surface area contributed by atoms with E-state index in [1.807, 2.05) is 60.4 Å². The number of anilines is 1. The second kappa shape index (κ2) is 11.2. The molecular weight excluding hydrogens is 489 g/mol. The van der Waals surface area contributed by atoms with E-state index in [9.17, 15) is 4.79 Å². The number of nitrogens with zero attached hydrogens (tertiary/aromatic N) is 1. The number of rotatable bonds is 9.